The van der Waals surface area contributed by atoms with Crippen LogP contribution < -0.4 is 11.8 Å². The maximum Gasteiger partial charge on any atom is 0.375 e. The zero-order valence-corrected chi connectivity index (χ0v) is 5.45. The van der Waals surface area contributed by atoms with Gasteiger partial charge in [0.2, 0.25) is 0 Å². The quantitative estimate of drug-likeness (QED) is 0.412. The van der Waals surface area contributed by atoms with Crippen molar-refractivity contribution in [3.05, 3.63) is 0 Å². The maximum atomic E-state index is 10.2. The summed E-state index contributed by atoms with van der Waals surface area (Å²) in [6, 6.07) is 0. The summed E-state index contributed by atoms with van der Waals surface area (Å²) in [5, 5.41) is 0. The first-order valence-corrected chi connectivity index (χ1v) is 4.44. The predicted molar refractivity (Wildman–Crippen MR) is 27.9 cm³/mol. The molecular formula is H6N2O3P2. The minimum absolute atomic E-state index is 1.73. The molecule has 5 nitrogen and oxygen atoms in total. The normalized spacial score (nSPS) is 11.9. The lowest BCUT2D eigenvalue weighted by Gasteiger charge is -2.01. The van der Waals surface area contributed by atoms with E-state index < -0.39 is 7.28 Å². The van der Waals surface area contributed by atoms with E-state index in [1.54, 1.807) is 8.93 Å². The number of hydrogen-bond donors (Lipinski definition) is 2. The second-order valence-electron chi connectivity index (χ2n) is 0.751. The van der Waals surface area contributed by atoms with Gasteiger partial charge >= 0.3 is 7.28 Å². The van der Waals surface area contributed by atoms with Crippen molar-refractivity contribution in [1.82, 2.24) is 0 Å². The summed E-state index contributed by atoms with van der Waals surface area (Å²) in [6.45, 7) is 0. The SMILES string of the molecule is NOP(=O)(P)ON. The van der Waals surface area contributed by atoms with E-state index in [1.165, 1.54) is 0 Å². The molecular weight excluding hydrogens is 138 g/mol. The van der Waals surface area contributed by atoms with E-state index in [-0.39, 0.29) is 0 Å². The molecule has 0 heterocycles. The Morgan fingerprint density at radius 3 is 1.71 bits per heavy atom. The molecule has 0 amide bonds. The zero-order chi connectivity index (χ0) is 5.91. The summed E-state index contributed by atoms with van der Waals surface area (Å²) in [6.07, 6.45) is 0. The van der Waals surface area contributed by atoms with Crippen LogP contribution in [0.4, 0.5) is 0 Å². The van der Waals surface area contributed by atoms with Crippen molar-refractivity contribution in [2.24, 2.45) is 11.8 Å². The number of nitrogens with two attached hydrogens (primary N) is 2. The van der Waals surface area contributed by atoms with Crippen molar-refractivity contribution in [1.29, 1.82) is 0 Å². The van der Waals surface area contributed by atoms with E-state index in [4.69, 9.17) is 0 Å². The van der Waals surface area contributed by atoms with Crippen LogP contribution in [0.1, 0.15) is 0 Å². The molecule has 0 bridgehead atoms. The molecule has 0 aromatic rings. The molecule has 0 fully saturated rings. The molecule has 0 aliphatic carbocycles. The Bertz CT molecular complexity index is 82.9. The fourth-order valence-corrected chi connectivity index (χ4v) is 0.0745. The molecule has 1 unspecified atom stereocenters. The third-order valence-corrected chi connectivity index (χ3v) is 1.61. The largest absolute Gasteiger partial charge is 0.375 e. The van der Waals surface area contributed by atoms with E-state index in [0.29, 0.717) is 0 Å². The topological polar surface area (TPSA) is 87.6 Å². The Labute approximate surface area is 42.9 Å². The molecule has 0 aromatic carbocycles. The molecule has 7 heteroatoms. The van der Waals surface area contributed by atoms with Crippen molar-refractivity contribution in [2.75, 3.05) is 0 Å². The fourth-order valence-electron chi connectivity index (χ4n) is 0.0248. The predicted octanol–water partition coefficient (Wildman–Crippen LogP) is -0.250. The average molecular weight is 144 g/mol. The summed E-state index contributed by atoms with van der Waals surface area (Å²) in [5.74, 6) is 8.86. The molecule has 0 aliphatic heterocycles. The van der Waals surface area contributed by atoms with Crippen LogP contribution in [0.2, 0.25) is 0 Å². The molecule has 0 saturated carbocycles. The van der Waals surface area contributed by atoms with Gasteiger partial charge in [0.25, 0.3) is 0 Å². The van der Waals surface area contributed by atoms with Gasteiger partial charge in [0.1, 0.15) is 0 Å². The monoisotopic (exact) mass is 144 g/mol. The van der Waals surface area contributed by atoms with Crippen LogP contribution >= 0.6 is 16.2 Å². The summed E-state index contributed by atoms with van der Waals surface area (Å²) < 4.78 is 17.7. The Morgan fingerprint density at radius 1 is 1.43 bits per heavy atom. The van der Waals surface area contributed by atoms with E-state index in [1.807, 2.05) is 0 Å². The van der Waals surface area contributed by atoms with E-state index in [2.05, 4.69) is 21.0 Å². The first-order chi connectivity index (χ1) is 3.12. The van der Waals surface area contributed by atoms with Crippen molar-refractivity contribution < 1.29 is 13.8 Å². The third kappa shape index (κ3) is 3.12. The van der Waals surface area contributed by atoms with Crippen LogP contribution in [0, 0.1) is 0 Å². The summed E-state index contributed by atoms with van der Waals surface area (Å²) >= 11 is 0. The van der Waals surface area contributed by atoms with Crippen LogP contribution in [0.5, 0.6) is 0 Å². The van der Waals surface area contributed by atoms with Gasteiger partial charge < -0.3 is 0 Å². The van der Waals surface area contributed by atoms with E-state index in [0.717, 1.165) is 0 Å². The van der Waals surface area contributed by atoms with Gasteiger partial charge in [-0.3, -0.25) is 4.57 Å². The standard InChI is InChI=1S/H6N2O3P2/c1-4-7(3,6)5-2/h1-2,6H2. The molecule has 0 radical (unpaired) electrons. The van der Waals surface area contributed by atoms with Crippen LogP contribution in [-0.2, 0) is 13.8 Å². The number of rotatable bonds is 2. The lowest BCUT2D eigenvalue weighted by atomic mass is 13.6. The summed E-state index contributed by atoms with van der Waals surface area (Å²) in [4.78, 5) is 0. The highest BCUT2D eigenvalue weighted by atomic mass is 32.1. The van der Waals surface area contributed by atoms with Crippen LogP contribution in [0.15, 0.2) is 0 Å². The first-order valence-electron chi connectivity index (χ1n) is 1.28. The minimum atomic E-state index is -3.18. The zero-order valence-electron chi connectivity index (χ0n) is 3.40. The minimum Gasteiger partial charge on any atom is -0.253 e. The first kappa shape index (κ1) is 7.50. The van der Waals surface area contributed by atoms with E-state index in [9.17, 15) is 4.57 Å². The Balaban J connectivity index is 3.61. The van der Waals surface area contributed by atoms with Crippen molar-refractivity contribution in [2.45, 2.75) is 0 Å². The third-order valence-electron chi connectivity index (χ3n) is 0.294. The second kappa shape index (κ2) is 2.72. The highest BCUT2D eigenvalue weighted by molar-refractivity contribution is 8.12. The summed E-state index contributed by atoms with van der Waals surface area (Å²) in [7, 11) is -1.45. The van der Waals surface area contributed by atoms with Crippen molar-refractivity contribution >= 4 is 16.2 Å². The average Bonchev–Trinajstić information content (AvgIpc) is 1.68. The second-order valence-corrected chi connectivity index (χ2v) is 4.15. The van der Waals surface area contributed by atoms with Gasteiger partial charge in [-0.1, -0.05) is 0 Å². The summed E-state index contributed by atoms with van der Waals surface area (Å²) in [5.41, 5.74) is 0. The molecule has 44 valence electrons. The van der Waals surface area contributed by atoms with Crippen molar-refractivity contribution in [3.8, 4) is 0 Å². The van der Waals surface area contributed by atoms with Gasteiger partial charge in [-0.15, -0.1) is 0 Å². The lowest BCUT2D eigenvalue weighted by Crippen LogP contribution is -1.99. The Morgan fingerprint density at radius 2 is 1.71 bits per heavy atom. The molecule has 4 N–H and O–H groups in total. The van der Waals surface area contributed by atoms with Crippen LogP contribution in [0.25, 0.3) is 0 Å². The highest BCUT2D eigenvalue weighted by Crippen LogP contribution is 2.52. The van der Waals surface area contributed by atoms with Gasteiger partial charge in [0, 0.05) is 0 Å². The fraction of sp³-hybridized carbons (Fsp3) is 0. The van der Waals surface area contributed by atoms with Gasteiger partial charge in [-0.2, -0.15) is 0 Å². The molecule has 0 rings (SSSR count). The molecule has 1 atom stereocenters. The van der Waals surface area contributed by atoms with Gasteiger partial charge in [-0.25, -0.2) is 21.0 Å². The lowest BCUT2D eigenvalue weighted by molar-refractivity contribution is 0.228. The maximum absolute atomic E-state index is 10.2. The highest BCUT2D eigenvalue weighted by Gasteiger charge is 2.11. The Kier molecular flexibility index (Phi) is 2.92. The number of hydrogen-bond acceptors (Lipinski definition) is 5. The molecule has 0 spiro atoms. The molecule has 0 aromatic heterocycles. The van der Waals surface area contributed by atoms with Gasteiger partial charge in [-0.05, 0) is 8.93 Å². The Hall–Kier alpha value is 0.500. The smallest absolute Gasteiger partial charge is 0.253 e. The molecule has 7 heavy (non-hydrogen) atoms. The molecule has 0 saturated heterocycles. The van der Waals surface area contributed by atoms with Crippen LogP contribution in [0.3, 0.4) is 0 Å². The van der Waals surface area contributed by atoms with Gasteiger partial charge in [0.05, 0.1) is 0 Å². The van der Waals surface area contributed by atoms with Crippen LogP contribution in [-0.4, -0.2) is 0 Å². The molecule has 0 aliphatic rings. The van der Waals surface area contributed by atoms with Crippen molar-refractivity contribution in [3.63, 3.8) is 0 Å². The van der Waals surface area contributed by atoms with E-state index >= 15 is 0 Å². The van der Waals surface area contributed by atoms with Gasteiger partial charge in [0.15, 0.2) is 0 Å².